The zero-order chi connectivity index (χ0) is 29.4. The number of aryl methyl sites for hydroxylation is 1. The third-order valence-electron chi connectivity index (χ3n) is 6.31. The topological polar surface area (TPSA) is 96.0 Å². The number of nitrogens with one attached hydrogen (secondary N) is 1. The van der Waals surface area contributed by atoms with E-state index >= 15 is 0 Å². The molecule has 0 saturated heterocycles. The molecule has 40 heavy (non-hydrogen) atoms. The summed E-state index contributed by atoms with van der Waals surface area (Å²) < 4.78 is 47.6. The number of methoxy groups -OCH3 is 1. The average Bonchev–Trinajstić information content (AvgIpc) is 2.92. The Morgan fingerprint density at radius 1 is 1.00 bits per heavy atom. The Labute approximate surface area is 235 Å². The van der Waals surface area contributed by atoms with E-state index in [9.17, 15) is 22.4 Å². The number of hydrogen-bond acceptors (Lipinski definition) is 5. The summed E-state index contributed by atoms with van der Waals surface area (Å²) >= 11 is 0. The molecule has 2 amide bonds. The molecule has 1 N–H and O–H groups in total. The molecule has 0 spiro atoms. The van der Waals surface area contributed by atoms with Gasteiger partial charge in [0.25, 0.3) is 10.0 Å². The molecule has 8 nitrogen and oxygen atoms in total. The predicted molar refractivity (Wildman–Crippen MR) is 153 cm³/mol. The van der Waals surface area contributed by atoms with Crippen LogP contribution in [0.25, 0.3) is 0 Å². The van der Waals surface area contributed by atoms with Crippen LogP contribution in [-0.4, -0.2) is 50.9 Å². The number of carbonyl (C=O) groups excluding carboxylic acids is 2. The number of ether oxygens (including phenoxy) is 1. The highest BCUT2D eigenvalue weighted by Gasteiger charge is 2.34. The molecule has 10 heteroatoms. The number of rotatable bonds is 12. The van der Waals surface area contributed by atoms with E-state index in [4.69, 9.17) is 4.74 Å². The fraction of sp³-hybridized carbons (Fsp3) is 0.333. The van der Waals surface area contributed by atoms with Crippen molar-refractivity contribution in [1.29, 1.82) is 0 Å². The van der Waals surface area contributed by atoms with E-state index in [0.717, 1.165) is 22.0 Å². The second-order valence-corrected chi connectivity index (χ2v) is 11.6. The van der Waals surface area contributed by atoms with Crippen molar-refractivity contribution in [3.05, 3.63) is 89.7 Å². The zero-order valence-electron chi connectivity index (χ0n) is 23.4. The van der Waals surface area contributed by atoms with Crippen molar-refractivity contribution in [2.24, 2.45) is 0 Å². The van der Waals surface area contributed by atoms with Crippen LogP contribution < -0.4 is 14.4 Å². The highest BCUT2D eigenvalue weighted by Crippen LogP contribution is 2.26. The van der Waals surface area contributed by atoms with Gasteiger partial charge in [0, 0.05) is 12.6 Å². The first-order valence-electron chi connectivity index (χ1n) is 13.0. The van der Waals surface area contributed by atoms with Crippen LogP contribution in [0.5, 0.6) is 5.75 Å². The predicted octanol–water partition coefficient (Wildman–Crippen LogP) is 4.67. The molecule has 0 saturated carbocycles. The maximum atomic E-state index is 14.0. The SMILES string of the molecule is CCC(C(=O)NC(C)C)N(Cc1cccc(OC)c1)C(=O)CN(c1ccc(F)cc1)S(=O)(=O)c1ccc(C)cc1. The van der Waals surface area contributed by atoms with Gasteiger partial charge >= 0.3 is 0 Å². The summed E-state index contributed by atoms with van der Waals surface area (Å²) in [5, 5.41) is 2.86. The van der Waals surface area contributed by atoms with Gasteiger partial charge in [-0.2, -0.15) is 0 Å². The molecule has 0 aliphatic heterocycles. The Morgan fingerprint density at radius 3 is 2.23 bits per heavy atom. The van der Waals surface area contributed by atoms with E-state index in [-0.39, 0.29) is 29.1 Å². The highest BCUT2D eigenvalue weighted by atomic mass is 32.2. The smallest absolute Gasteiger partial charge is 0.264 e. The van der Waals surface area contributed by atoms with E-state index in [0.29, 0.717) is 17.7 Å². The fourth-order valence-electron chi connectivity index (χ4n) is 4.24. The fourth-order valence-corrected chi connectivity index (χ4v) is 5.66. The summed E-state index contributed by atoms with van der Waals surface area (Å²) in [6.07, 6.45) is 0.301. The first-order chi connectivity index (χ1) is 19.0. The van der Waals surface area contributed by atoms with Gasteiger partial charge in [-0.1, -0.05) is 36.8 Å². The number of benzene rings is 3. The van der Waals surface area contributed by atoms with Gasteiger partial charge in [-0.3, -0.25) is 13.9 Å². The summed E-state index contributed by atoms with van der Waals surface area (Å²) in [5.74, 6) is -0.893. The number of nitrogens with zero attached hydrogens (tertiary/aromatic N) is 2. The minimum Gasteiger partial charge on any atom is -0.497 e. The lowest BCUT2D eigenvalue weighted by molar-refractivity contribution is -0.140. The van der Waals surface area contributed by atoms with Gasteiger partial charge in [0.05, 0.1) is 17.7 Å². The number of anilines is 1. The van der Waals surface area contributed by atoms with E-state index in [1.807, 2.05) is 20.8 Å². The molecule has 3 aromatic carbocycles. The van der Waals surface area contributed by atoms with E-state index < -0.39 is 34.3 Å². The van der Waals surface area contributed by atoms with Gasteiger partial charge in [-0.15, -0.1) is 0 Å². The number of amides is 2. The summed E-state index contributed by atoms with van der Waals surface area (Å²) in [4.78, 5) is 28.6. The lowest BCUT2D eigenvalue weighted by atomic mass is 10.1. The van der Waals surface area contributed by atoms with Crippen molar-refractivity contribution >= 4 is 27.5 Å². The molecular weight excluding hydrogens is 533 g/mol. The Morgan fingerprint density at radius 2 is 1.65 bits per heavy atom. The summed E-state index contributed by atoms with van der Waals surface area (Å²) in [5.41, 5.74) is 1.70. The molecule has 3 rings (SSSR count). The van der Waals surface area contributed by atoms with Crippen LogP contribution in [0.15, 0.2) is 77.7 Å². The second kappa shape index (κ2) is 13.4. The molecule has 0 fully saturated rings. The third kappa shape index (κ3) is 7.59. The van der Waals surface area contributed by atoms with Crippen LogP contribution in [0.1, 0.15) is 38.3 Å². The number of halogens is 1. The Balaban J connectivity index is 2.06. The van der Waals surface area contributed by atoms with Crippen molar-refractivity contribution < 1.29 is 27.1 Å². The number of carbonyl (C=O) groups is 2. The van der Waals surface area contributed by atoms with Crippen molar-refractivity contribution in [3.8, 4) is 5.75 Å². The van der Waals surface area contributed by atoms with Gasteiger partial charge in [0.2, 0.25) is 11.8 Å². The maximum absolute atomic E-state index is 14.0. The van der Waals surface area contributed by atoms with Crippen molar-refractivity contribution in [3.63, 3.8) is 0 Å². The minimum atomic E-state index is -4.22. The summed E-state index contributed by atoms with van der Waals surface area (Å²) in [6, 6.07) is 17.2. The van der Waals surface area contributed by atoms with E-state index in [1.165, 1.54) is 36.3 Å². The summed E-state index contributed by atoms with van der Waals surface area (Å²) in [6.45, 7) is 6.71. The van der Waals surface area contributed by atoms with Crippen molar-refractivity contribution in [2.45, 2.75) is 57.6 Å². The van der Waals surface area contributed by atoms with Crippen LogP contribution in [0.3, 0.4) is 0 Å². The van der Waals surface area contributed by atoms with Crippen molar-refractivity contribution in [2.75, 3.05) is 18.0 Å². The van der Waals surface area contributed by atoms with Crippen LogP contribution in [0.4, 0.5) is 10.1 Å². The molecule has 0 aliphatic carbocycles. The minimum absolute atomic E-state index is 0.0147. The quantitative estimate of drug-likeness (QED) is 0.342. The second-order valence-electron chi connectivity index (χ2n) is 9.76. The van der Waals surface area contributed by atoms with Crippen LogP contribution in [-0.2, 0) is 26.2 Å². The molecule has 0 bridgehead atoms. The summed E-state index contributed by atoms with van der Waals surface area (Å²) in [7, 11) is -2.69. The molecule has 214 valence electrons. The van der Waals surface area contributed by atoms with Gasteiger partial charge in [-0.05, 0) is 81.3 Å². The molecule has 0 aromatic heterocycles. The van der Waals surface area contributed by atoms with Gasteiger partial charge in [0.15, 0.2) is 0 Å². The molecular formula is C30H36FN3O5S. The van der Waals surface area contributed by atoms with E-state index in [2.05, 4.69) is 5.32 Å². The third-order valence-corrected chi connectivity index (χ3v) is 8.09. The Kier molecular flexibility index (Phi) is 10.3. The van der Waals surface area contributed by atoms with Crippen molar-refractivity contribution in [1.82, 2.24) is 10.2 Å². The molecule has 0 heterocycles. The van der Waals surface area contributed by atoms with Crippen LogP contribution in [0, 0.1) is 12.7 Å². The highest BCUT2D eigenvalue weighted by molar-refractivity contribution is 7.92. The largest absolute Gasteiger partial charge is 0.497 e. The maximum Gasteiger partial charge on any atom is 0.264 e. The normalized spacial score (nSPS) is 12.1. The van der Waals surface area contributed by atoms with E-state index in [1.54, 1.807) is 43.3 Å². The zero-order valence-corrected chi connectivity index (χ0v) is 24.2. The molecule has 0 aliphatic rings. The standard InChI is InChI=1S/C30H36FN3O5S/c1-6-28(30(36)32-21(2)3)33(19-23-8-7-9-26(18-23)39-5)29(35)20-34(25-14-12-24(31)13-15-25)40(37,38)27-16-10-22(4)11-17-27/h7-18,21,28H,6,19-20H2,1-5H3,(H,32,36). The average molecular weight is 570 g/mol. The first-order valence-corrected chi connectivity index (χ1v) is 14.5. The van der Waals surface area contributed by atoms with Crippen LogP contribution in [0.2, 0.25) is 0 Å². The lowest BCUT2D eigenvalue weighted by Gasteiger charge is -2.33. The van der Waals surface area contributed by atoms with Gasteiger partial charge in [0.1, 0.15) is 24.2 Å². The Hall–Kier alpha value is -3.92. The monoisotopic (exact) mass is 569 g/mol. The van der Waals surface area contributed by atoms with Crippen LogP contribution >= 0.6 is 0 Å². The number of sulfonamides is 1. The molecule has 0 radical (unpaired) electrons. The lowest BCUT2D eigenvalue weighted by Crippen LogP contribution is -2.53. The molecule has 1 unspecified atom stereocenters. The Bertz CT molecular complexity index is 1410. The molecule has 1 atom stereocenters. The van der Waals surface area contributed by atoms with Gasteiger partial charge in [-0.25, -0.2) is 12.8 Å². The van der Waals surface area contributed by atoms with Gasteiger partial charge < -0.3 is 15.0 Å². The first kappa shape index (κ1) is 30.6. The number of hydrogen-bond donors (Lipinski definition) is 1. The molecule has 3 aromatic rings.